The minimum absolute atomic E-state index is 0.0214. The van der Waals surface area contributed by atoms with E-state index in [-0.39, 0.29) is 11.3 Å². The van der Waals surface area contributed by atoms with Crippen LogP contribution in [0.2, 0.25) is 0 Å². The lowest BCUT2D eigenvalue weighted by Crippen LogP contribution is -2.05. The summed E-state index contributed by atoms with van der Waals surface area (Å²) in [5, 5.41) is 9.33. The molecule has 3 nitrogen and oxygen atoms in total. The smallest absolute Gasteiger partial charge is 0.337 e. The molecular formula is C12H14FNO2S. The number of nitrogen functional groups attached to an aromatic ring is 1. The molecule has 0 atom stereocenters. The molecule has 5 heteroatoms. The summed E-state index contributed by atoms with van der Waals surface area (Å²) in [6.45, 7) is 0. The van der Waals surface area contributed by atoms with Crippen molar-refractivity contribution >= 4 is 23.4 Å². The Kier molecular flexibility index (Phi) is 3.57. The van der Waals surface area contributed by atoms with Crippen LogP contribution < -0.4 is 5.73 Å². The molecule has 0 saturated heterocycles. The van der Waals surface area contributed by atoms with Crippen molar-refractivity contribution in [1.29, 1.82) is 0 Å². The molecule has 3 N–H and O–H groups in total. The predicted octanol–water partition coefficient (Wildman–Crippen LogP) is 3.14. The van der Waals surface area contributed by atoms with Crippen LogP contribution in [0.1, 0.15) is 36.0 Å². The third-order valence-corrected chi connectivity index (χ3v) is 4.30. The van der Waals surface area contributed by atoms with Crippen LogP contribution in [-0.2, 0) is 0 Å². The van der Waals surface area contributed by atoms with Crippen LogP contribution in [0, 0.1) is 5.82 Å². The molecule has 0 spiro atoms. The summed E-state index contributed by atoms with van der Waals surface area (Å²) in [4.78, 5) is 11.3. The van der Waals surface area contributed by atoms with E-state index in [0.29, 0.717) is 10.1 Å². The van der Waals surface area contributed by atoms with E-state index in [1.807, 2.05) is 0 Å². The number of halogens is 1. The zero-order valence-corrected chi connectivity index (χ0v) is 10.1. The zero-order valence-electron chi connectivity index (χ0n) is 9.28. The monoisotopic (exact) mass is 255 g/mol. The van der Waals surface area contributed by atoms with Gasteiger partial charge >= 0.3 is 5.97 Å². The van der Waals surface area contributed by atoms with E-state index in [9.17, 15) is 9.18 Å². The lowest BCUT2D eigenvalue weighted by Gasteiger charge is -2.11. The van der Waals surface area contributed by atoms with Crippen LogP contribution in [-0.4, -0.2) is 16.3 Å². The molecular weight excluding hydrogens is 241 g/mol. The Bertz CT molecular complexity index is 444. The summed E-state index contributed by atoms with van der Waals surface area (Å²) < 4.78 is 13.7. The average Bonchev–Trinajstić information content (AvgIpc) is 2.74. The Balaban J connectivity index is 2.26. The van der Waals surface area contributed by atoms with Gasteiger partial charge < -0.3 is 10.8 Å². The van der Waals surface area contributed by atoms with Gasteiger partial charge in [0, 0.05) is 15.8 Å². The van der Waals surface area contributed by atoms with E-state index in [4.69, 9.17) is 10.8 Å². The van der Waals surface area contributed by atoms with E-state index in [1.165, 1.54) is 30.7 Å². The van der Waals surface area contributed by atoms with Crippen LogP contribution in [0.15, 0.2) is 17.0 Å². The van der Waals surface area contributed by atoms with Crippen molar-refractivity contribution in [1.82, 2.24) is 0 Å². The van der Waals surface area contributed by atoms with Gasteiger partial charge in [0.2, 0.25) is 0 Å². The minimum atomic E-state index is -1.12. The molecule has 0 aromatic heterocycles. The van der Waals surface area contributed by atoms with Crippen LogP contribution in [0.3, 0.4) is 0 Å². The normalized spacial score (nSPS) is 16.3. The highest BCUT2D eigenvalue weighted by Gasteiger charge is 2.20. The van der Waals surface area contributed by atoms with Gasteiger partial charge in [-0.1, -0.05) is 12.8 Å². The second-order valence-electron chi connectivity index (χ2n) is 4.20. The second-order valence-corrected chi connectivity index (χ2v) is 5.54. The van der Waals surface area contributed by atoms with Crippen LogP contribution in [0.25, 0.3) is 0 Å². The lowest BCUT2D eigenvalue weighted by molar-refractivity contribution is 0.0697. The average molecular weight is 255 g/mol. The maximum absolute atomic E-state index is 13.7. The summed E-state index contributed by atoms with van der Waals surface area (Å²) in [7, 11) is 0. The fourth-order valence-corrected chi connectivity index (χ4v) is 3.32. The molecule has 17 heavy (non-hydrogen) atoms. The number of benzene rings is 1. The van der Waals surface area contributed by atoms with E-state index in [1.54, 1.807) is 0 Å². The number of carbonyl (C=O) groups is 1. The fraction of sp³-hybridized carbons (Fsp3) is 0.417. The van der Waals surface area contributed by atoms with Gasteiger partial charge in [-0.05, 0) is 25.0 Å². The molecule has 1 aliphatic rings. The van der Waals surface area contributed by atoms with Gasteiger partial charge in [0.1, 0.15) is 5.82 Å². The molecule has 1 aromatic rings. The Hall–Kier alpha value is -1.23. The number of thioether (sulfide) groups is 1. The van der Waals surface area contributed by atoms with Crippen molar-refractivity contribution in [2.24, 2.45) is 0 Å². The Morgan fingerprint density at radius 1 is 1.41 bits per heavy atom. The Labute approximate surface area is 103 Å². The van der Waals surface area contributed by atoms with Gasteiger partial charge in [0.15, 0.2) is 0 Å². The highest BCUT2D eigenvalue weighted by molar-refractivity contribution is 8.00. The topological polar surface area (TPSA) is 63.3 Å². The minimum Gasteiger partial charge on any atom is -0.478 e. The first kappa shape index (κ1) is 12.2. The number of hydrogen-bond donors (Lipinski definition) is 2. The van der Waals surface area contributed by atoms with Crippen LogP contribution in [0.5, 0.6) is 0 Å². The van der Waals surface area contributed by atoms with Crippen molar-refractivity contribution < 1.29 is 14.3 Å². The second kappa shape index (κ2) is 4.96. The number of hydrogen-bond acceptors (Lipinski definition) is 3. The van der Waals surface area contributed by atoms with Crippen molar-refractivity contribution in [3.8, 4) is 0 Å². The summed E-state index contributed by atoms with van der Waals surface area (Å²) in [6.07, 6.45) is 4.47. The molecule has 0 unspecified atom stereocenters. The molecule has 1 saturated carbocycles. The lowest BCUT2D eigenvalue weighted by atomic mass is 10.2. The first-order chi connectivity index (χ1) is 8.08. The maximum Gasteiger partial charge on any atom is 0.337 e. The first-order valence-corrected chi connectivity index (χ1v) is 6.45. The molecule has 0 amide bonds. The summed E-state index contributed by atoms with van der Waals surface area (Å²) in [5.41, 5.74) is 5.43. The van der Waals surface area contributed by atoms with E-state index >= 15 is 0 Å². The van der Waals surface area contributed by atoms with Gasteiger partial charge in [0.05, 0.1) is 5.56 Å². The molecule has 0 heterocycles. The molecule has 0 bridgehead atoms. The first-order valence-electron chi connectivity index (χ1n) is 5.57. The Morgan fingerprint density at radius 2 is 2.06 bits per heavy atom. The number of aromatic carboxylic acids is 1. The third kappa shape index (κ3) is 2.72. The quantitative estimate of drug-likeness (QED) is 0.814. The molecule has 1 aliphatic carbocycles. The highest BCUT2D eigenvalue weighted by atomic mass is 32.2. The molecule has 0 radical (unpaired) electrons. The van der Waals surface area contributed by atoms with Gasteiger partial charge in [-0.3, -0.25) is 0 Å². The maximum atomic E-state index is 13.7. The van der Waals surface area contributed by atoms with Gasteiger partial charge in [-0.25, -0.2) is 9.18 Å². The zero-order chi connectivity index (χ0) is 12.4. The van der Waals surface area contributed by atoms with E-state index < -0.39 is 11.8 Å². The fourth-order valence-electron chi connectivity index (χ4n) is 2.03. The van der Waals surface area contributed by atoms with E-state index in [2.05, 4.69) is 0 Å². The largest absolute Gasteiger partial charge is 0.478 e. The van der Waals surface area contributed by atoms with E-state index in [0.717, 1.165) is 18.9 Å². The van der Waals surface area contributed by atoms with Crippen LogP contribution >= 0.6 is 11.8 Å². The van der Waals surface area contributed by atoms with Crippen molar-refractivity contribution in [2.45, 2.75) is 35.8 Å². The predicted molar refractivity (Wildman–Crippen MR) is 65.9 cm³/mol. The number of carboxylic acid groups (broad SMARTS) is 1. The third-order valence-electron chi connectivity index (χ3n) is 2.93. The van der Waals surface area contributed by atoms with Gasteiger partial charge in [-0.15, -0.1) is 11.8 Å². The number of carboxylic acids is 1. The summed E-state index contributed by atoms with van der Waals surface area (Å²) >= 11 is 1.42. The SMILES string of the molecule is Nc1cc(F)c(SC2CCCC2)cc1C(=O)O. The van der Waals surface area contributed by atoms with Crippen molar-refractivity contribution in [3.63, 3.8) is 0 Å². The van der Waals surface area contributed by atoms with Crippen LogP contribution in [0.4, 0.5) is 10.1 Å². The number of anilines is 1. The van der Waals surface area contributed by atoms with Gasteiger partial charge in [0.25, 0.3) is 0 Å². The summed E-state index contributed by atoms with van der Waals surface area (Å²) in [6, 6.07) is 2.44. The summed E-state index contributed by atoms with van der Waals surface area (Å²) in [5.74, 6) is -1.54. The molecule has 92 valence electrons. The van der Waals surface area contributed by atoms with Gasteiger partial charge in [-0.2, -0.15) is 0 Å². The highest BCUT2D eigenvalue weighted by Crippen LogP contribution is 2.37. The number of rotatable bonds is 3. The van der Waals surface area contributed by atoms with Crippen molar-refractivity contribution in [2.75, 3.05) is 5.73 Å². The molecule has 1 aromatic carbocycles. The standard InChI is InChI=1S/C12H14FNO2S/c13-9-6-10(14)8(12(15)16)5-11(9)17-7-3-1-2-4-7/h5-7H,1-4,14H2,(H,15,16). The molecule has 1 fully saturated rings. The Morgan fingerprint density at radius 3 is 2.65 bits per heavy atom. The molecule has 2 rings (SSSR count). The van der Waals surface area contributed by atoms with Crippen molar-refractivity contribution in [3.05, 3.63) is 23.5 Å². The molecule has 0 aliphatic heterocycles. The number of nitrogens with two attached hydrogens (primary N) is 1.